The Morgan fingerprint density at radius 2 is 1.59 bits per heavy atom. The molecule has 0 radical (unpaired) electrons. The van der Waals surface area contributed by atoms with Crippen molar-refractivity contribution >= 4 is 0 Å². The second kappa shape index (κ2) is 11.2. The van der Waals surface area contributed by atoms with E-state index >= 15 is 0 Å². The van der Waals surface area contributed by atoms with Crippen molar-refractivity contribution in [3.8, 4) is 0 Å². The molecule has 0 unspecified atom stereocenters. The van der Waals surface area contributed by atoms with Crippen molar-refractivity contribution in [3.63, 3.8) is 0 Å². The first-order valence-corrected chi connectivity index (χ1v) is 10.1. The van der Waals surface area contributed by atoms with Gasteiger partial charge in [-0.1, -0.05) is 43.7 Å². The molecule has 0 bridgehead atoms. The van der Waals surface area contributed by atoms with E-state index < -0.39 is 11.6 Å². The van der Waals surface area contributed by atoms with Crippen molar-refractivity contribution in [2.24, 2.45) is 5.92 Å². The van der Waals surface area contributed by atoms with E-state index in [1.54, 1.807) is 6.92 Å². The van der Waals surface area contributed by atoms with E-state index in [1.165, 1.54) is 61.8 Å². The molecule has 0 aliphatic heterocycles. The summed E-state index contributed by atoms with van der Waals surface area (Å²) in [6.45, 7) is 3.68. The number of benzene rings is 2. The molecule has 0 saturated heterocycles. The monoisotopic (exact) mass is 376 g/mol. The topological polar surface area (TPSA) is 0 Å². The number of halogens is 3. The molecule has 1 fully saturated rings. The first kappa shape index (κ1) is 21.5. The summed E-state index contributed by atoms with van der Waals surface area (Å²) in [7, 11) is 0. The van der Waals surface area contributed by atoms with Crippen molar-refractivity contribution < 1.29 is 13.2 Å². The van der Waals surface area contributed by atoms with Gasteiger partial charge in [-0.15, -0.1) is 0 Å². The van der Waals surface area contributed by atoms with Crippen LogP contribution in [-0.4, -0.2) is 6.67 Å². The van der Waals surface area contributed by atoms with E-state index in [9.17, 15) is 13.2 Å². The van der Waals surface area contributed by atoms with Crippen LogP contribution in [0.25, 0.3) is 0 Å². The van der Waals surface area contributed by atoms with Crippen LogP contribution in [0.15, 0.2) is 42.5 Å². The Balaban J connectivity index is 0.000000244. The molecule has 148 valence electrons. The second-order valence-corrected chi connectivity index (χ2v) is 7.58. The van der Waals surface area contributed by atoms with E-state index in [1.807, 2.05) is 0 Å². The second-order valence-electron chi connectivity index (χ2n) is 7.58. The smallest absolute Gasteiger partial charge is 0.129 e. The summed E-state index contributed by atoms with van der Waals surface area (Å²) >= 11 is 0. The van der Waals surface area contributed by atoms with Crippen molar-refractivity contribution in [2.75, 3.05) is 6.67 Å². The van der Waals surface area contributed by atoms with Gasteiger partial charge in [0.15, 0.2) is 0 Å². The van der Waals surface area contributed by atoms with Gasteiger partial charge in [0, 0.05) is 6.07 Å². The lowest BCUT2D eigenvalue weighted by atomic mass is 9.77. The highest BCUT2D eigenvalue weighted by atomic mass is 19.1. The standard InChI is InChI=1S/C17H25F.C7H6F2/c1-2-3-14-4-8-16(9-5-14)17-10-6-15(7-11-17)12-13-18;1-5-2-3-6(8)4-7(5)9/h4-5,8-9,15,17H,2-3,6-7,10-13H2,1H3;2-4H,1H3. The average Bonchev–Trinajstić information content (AvgIpc) is 2.67. The Kier molecular flexibility index (Phi) is 8.90. The van der Waals surface area contributed by atoms with Crippen molar-refractivity contribution in [2.45, 2.75) is 64.7 Å². The third-order valence-corrected chi connectivity index (χ3v) is 5.49. The molecule has 1 aliphatic rings. The molecule has 3 heteroatoms. The molecule has 0 spiro atoms. The van der Waals surface area contributed by atoms with E-state index in [-0.39, 0.29) is 6.67 Å². The maximum absolute atomic E-state index is 12.3. The lowest BCUT2D eigenvalue weighted by Gasteiger charge is -2.28. The van der Waals surface area contributed by atoms with Crippen LogP contribution in [0.2, 0.25) is 0 Å². The Morgan fingerprint density at radius 3 is 2.11 bits per heavy atom. The minimum absolute atomic E-state index is 0.138. The SMILES string of the molecule is CCCc1ccc(C2CCC(CCF)CC2)cc1.Cc1ccc(F)cc1F. The molecule has 0 nitrogen and oxygen atoms in total. The van der Waals surface area contributed by atoms with Gasteiger partial charge in [0.05, 0.1) is 6.67 Å². The van der Waals surface area contributed by atoms with Gasteiger partial charge in [-0.05, 0) is 80.0 Å². The van der Waals surface area contributed by atoms with Gasteiger partial charge < -0.3 is 0 Å². The molecule has 2 aromatic rings. The molecule has 27 heavy (non-hydrogen) atoms. The van der Waals surface area contributed by atoms with Gasteiger partial charge in [-0.25, -0.2) is 8.78 Å². The van der Waals surface area contributed by atoms with Crippen LogP contribution in [0.1, 0.15) is 68.1 Å². The molecule has 2 aromatic carbocycles. The summed E-state index contributed by atoms with van der Waals surface area (Å²) in [4.78, 5) is 0. The summed E-state index contributed by atoms with van der Waals surface area (Å²) in [5.41, 5.74) is 3.41. The van der Waals surface area contributed by atoms with Crippen LogP contribution in [-0.2, 0) is 6.42 Å². The van der Waals surface area contributed by atoms with Gasteiger partial charge in [-0.2, -0.15) is 0 Å². The minimum atomic E-state index is -0.530. The highest BCUT2D eigenvalue weighted by Crippen LogP contribution is 2.37. The third-order valence-electron chi connectivity index (χ3n) is 5.49. The number of hydrogen-bond acceptors (Lipinski definition) is 0. The largest absolute Gasteiger partial charge is 0.251 e. The highest BCUT2D eigenvalue weighted by Gasteiger charge is 2.21. The summed E-state index contributed by atoms with van der Waals surface area (Å²) < 4.78 is 36.8. The fourth-order valence-electron chi connectivity index (χ4n) is 3.75. The Hall–Kier alpha value is -1.77. The summed E-state index contributed by atoms with van der Waals surface area (Å²) in [5.74, 6) is 0.343. The zero-order chi connectivity index (χ0) is 19.6. The van der Waals surface area contributed by atoms with Crippen molar-refractivity contribution in [3.05, 3.63) is 70.8 Å². The molecule has 0 amide bonds. The van der Waals surface area contributed by atoms with Crippen LogP contribution in [0.3, 0.4) is 0 Å². The van der Waals surface area contributed by atoms with Crippen LogP contribution in [0.4, 0.5) is 13.2 Å². The summed E-state index contributed by atoms with van der Waals surface area (Å²) in [6.07, 6.45) is 8.10. The van der Waals surface area contributed by atoms with E-state index in [4.69, 9.17) is 0 Å². The van der Waals surface area contributed by atoms with Crippen molar-refractivity contribution in [1.29, 1.82) is 0 Å². The molecular formula is C24H31F3. The summed E-state index contributed by atoms with van der Waals surface area (Å²) in [6, 6.07) is 12.7. The quantitative estimate of drug-likeness (QED) is 0.505. The van der Waals surface area contributed by atoms with Crippen molar-refractivity contribution in [1.82, 2.24) is 0 Å². The molecule has 0 heterocycles. The Morgan fingerprint density at radius 1 is 0.926 bits per heavy atom. The van der Waals surface area contributed by atoms with Crippen LogP contribution >= 0.6 is 0 Å². The zero-order valence-electron chi connectivity index (χ0n) is 16.5. The fourth-order valence-corrected chi connectivity index (χ4v) is 3.75. The first-order valence-electron chi connectivity index (χ1n) is 10.1. The maximum Gasteiger partial charge on any atom is 0.129 e. The van der Waals surface area contributed by atoms with Gasteiger partial charge >= 0.3 is 0 Å². The summed E-state index contributed by atoms with van der Waals surface area (Å²) in [5, 5.41) is 0. The molecule has 0 atom stereocenters. The predicted octanol–water partition coefficient (Wildman–Crippen LogP) is 7.55. The molecular weight excluding hydrogens is 345 g/mol. The van der Waals surface area contributed by atoms with E-state index in [0.717, 1.165) is 18.4 Å². The van der Waals surface area contributed by atoms with E-state index in [2.05, 4.69) is 31.2 Å². The normalized spacial score (nSPS) is 19.3. The van der Waals surface area contributed by atoms with Crippen LogP contribution in [0.5, 0.6) is 0 Å². The molecule has 1 aliphatic carbocycles. The van der Waals surface area contributed by atoms with Gasteiger partial charge in [-0.3, -0.25) is 4.39 Å². The van der Waals surface area contributed by atoms with Gasteiger partial charge in [0.2, 0.25) is 0 Å². The maximum atomic E-state index is 12.3. The predicted molar refractivity (Wildman–Crippen MR) is 107 cm³/mol. The van der Waals surface area contributed by atoms with E-state index in [0.29, 0.717) is 11.5 Å². The first-order chi connectivity index (χ1) is 13.0. The fraction of sp³-hybridized carbons (Fsp3) is 0.500. The number of alkyl halides is 1. The zero-order valence-corrected chi connectivity index (χ0v) is 16.5. The number of hydrogen-bond donors (Lipinski definition) is 0. The van der Waals surface area contributed by atoms with Crippen LogP contribution < -0.4 is 0 Å². The Bertz CT molecular complexity index is 671. The molecule has 0 N–H and O–H groups in total. The number of rotatable bonds is 5. The highest BCUT2D eigenvalue weighted by molar-refractivity contribution is 5.26. The van der Waals surface area contributed by atoms with Gasteiger partial charge in [0.25, 0.3) is 0 Å². The Labute approximate surface area is 161 Å². The minimum Gasteiger partial charge on any atom is -0.251 e. The molecule has 1 saturated carbocycles. The molecule has 3 rings (SSSR count). The average molecular weight is 377 g/mol. The number of aryl methyl sites for hydroxylation is 2. The molecule has 0 aromatic heterocycles. The lowest BCUT2D eigenvalue weighted by molar-refractivity contribution is 0.283. The van der Waals surface area contributed by atoms with Gasteiger partial charge in [0.1, 0.15) is 11.6 Å². The lowest BCUT2D eigenvalue weighted by Crippen LogP contribution is -2.13. The van der Waals surface area contributed by atoms with Crippen LogP contribution in [0, 0.1) is 24.5 Å². The third kappa shape index (κ3) is 7.04.